The van der Waals surface area contributed by atoms with Gasteiger partial charge in [0.15, 0.2) is 0 Å². The van der Waals surface area contributed by atoms with Gasteiger partial charge in [0.05, 0.1) is 12.3 Å². The zero-order valence-electron chi connectivity index (χ0n) is 9.93. The Bertz CT molecular complexity index is 413. The lowest BCUT2D eigenvalue weighted by Crippen LogP contribution is -2.20. The van der Waals surface area contributed by atoms with Crippen LogP contribution in [0.15, 0.2) is 58.0 Å². The predicted octanol–water partition coefficient (Wildman–Crippen LogP) is 3.72. The molecule has 3 heteroatoms. The maximum Gasteiger partial charge on any atom is 0.120 e. The van der Waals surface area contributed by atoms with E-state index in [1.807, 2.05) is 30.0 Å². The Morgan fingerprint density at radius 1 is 1.18 bits per heavy atom. The zero-order chi connectivity index (χ0) is 11.9. The Hall–Kier alpha value is -1.19. The van der Waals surface area contributed by atoms with Crippen LogP contribution in [0, 0.1) is 0 Å². The number of hydrogen-bond acceptors (Lipinski definition) is 3. The fourth-order valence-corrected chi connectivity index (χ4v) is 2.40. The van der Waals surface area contributed by atoms with Crippen LogP contribution in [-0.4, -0.2) is 12.3 Å². The molecule has 0 saturated heterocycles. The van der Waals surface area contributed by atoms with E-state index in [1.54, 1.807) is 6.26 Å². The molecular weight excluding hydrogens is 230 g/mol. The van der Waals surface area contributed by atoms with Gasteiger partial charge in [-0.15, -0.1) is 11.8 Å². The highest BCUT2D eigenvalue weighted by atomic mass is 32.2. The standard InChI is InChI=1S/C14H17NOS/c1-12(14-8-5-10-16-14)15-9-11-17-13-6-3-2-4-7-13/h2-8,10,12,15H,9,11H2,1H3/t12-/m1/s1. The average Bonchev–Trinajstić information content (AvgIpc) is 2.89. The second kappa shape index (κ2) is 6.52. The molecule has 0 spiro atoms. The molecule has 0 saturated carbocycles. The molecule has 0 aliphatic heterocycles. The first kappa shape index (κ1) is 12.3. The van der Waals surface area contributed by atoms with Crippen LogP contribution in [-0.2, 0) is 0 Å². The number of furan rings is 1. The van der Waals surface area contributed by atoms with E-state index in [1.165, 1.54) is 4.90 Å². The zero-order valence-corrected chi connectivity index (χ0v) is 10.7. The van der Waals surface area contributed by atoms with Crippen molar-refractivity contribution >= 4 is 11.8 Å². The number of nitrogens with one attached hydrogen (secondary N) is 1. The third kappa shape index (κ3) is 3.95. The lowest BCUT2D eigenvalue weighted by molar-refractivity contribution is 0.438. The largest absolute Gasteiger partial charge is 0.468 e. The Morgan fingerprint density at radius 2 is 2.00 bits per heavy atom. The number of benzene rings is 1. The van der Waals surface area contributed by atoms with Gasteiger partial charge in [0.25, 0.3) is 0 Å². The first-order valence-electron chi connectivity index (χ1n) is 5.81. The summed E-state index contributed by atoms with van der Waals surface area (Å²) in [6.07, 6.45) is 1.71. The summed E-state index contributed by atoms with van der Waals surface area (Å²) < 4.78 is 5.34. The Morgan fingerprint density at radius 3 is 2.71 bits per heavy atom. The van der Waals surface area contributed by atoms with E-state index >= 15 is 0 Å². The van der Waals surface area contributed by atoms with Gasteiger partial charge in [-0.3, -0.25) is 0 Å². The summed E-state index contributed by atoms with van der Waals surface area (Å²) in [6, 6.07) is 14.7. The van der Waals surface area contributed by atoms with E-state index in [0.717, 1.165) is 18.1 Å². The van der Waals surface area contributed by atoms with Crippen LogP contribution in [0.3, 0.4) is 0 Å². The van der Waals surface area contributed by atoms with Crippen molar-refractivity contribution in [2.45, 2.75) is 17.9 Å². The first-order chi connectivity index (χ1) is 8.36. The van der Waals surface area contributed by atoms with Crippen molar-refractivity contribution in [1.82, 2.24) is 5.32 Å². The molecule has 90 valence electrons. The van der Waals surface area contributed by atoms with Gasteiger partial charge in [-0.05, 0) is 31.2 Å². The minimum absolute atomic E-state index is 0.279. The van der Waals surface area contributed by atoms with Crippen molar-refractivity contribution in [1.29, 1.82) is 0 Å². The smallest absolute Gasteiger partial charge is 0.120 e. The molecule has 0 fully saturated rings. The van der Waals surface area contributed by atoms with E-state index in [-0.39, 0.29) is 6.04 Å². The highest BCUT2D eigenvalue weighted by Gasteiger charge is 2.06. The second-order valence-electron chi connectivity index (χ2n) is 3.85. The van der Waals surface area contributed by atoms with E-state index in [0.29, 0.717) is 0 Å². The summed E-state index contributed by atoms with van der Waals surface area (Å²) in [4.78, 5) is 1.32. The van der Waals surface area contributed by atoms with Gasteiger partial charge in [-0.1, -0.05) is 18.2 Å². The van der Waals surface area contributed by atoms with E-state index < -0.39 is 0 Å². The van der Waals surface area contributed by atoms with Gasteiger partial charge >= 0.3 is 0 Å². The van der Waals surface area contributed by atoms with Crippen molar-refractivity contribution in [3.05, 3.63) is 54.5 Å². The summed E-state index contributed by atoms with van der Waals surface area (Å²) in [6.45, 7) is 3.09. The van der Waals surface area contributed by atoms with Gasteiger partial charge < -0.3 is 9.73 Å². The fourth-order valence-electron chi connectivity index (χ4n) is 1.60. The fraction of sp³-hybridized carbons (Fsp3) is 0.286. The molecule has 1 atom stereocenters. The first-order valence-corrected chi connectivity index (χ1v) is 6.79. The predicted molar refractivity (Wildman–Crippen MR) is 72.3 cm³/mol. The summed E-state index contributed by atoms with van der Waals surface area (Å²) in [7, 11) is 0. The average molecular weight is 247 g/mol. The molecule has 2 aromatic rings. The maximum atomic E-state index is 5.34. The van der Waals surface area contributed by atoms with Crippen LogP contribution in [0.5, 0.6) is 0 Å². The van der Waals surface area contributed by atoms with E-state index in [2.05, 4.69) is 36.5 Å². The van der Waals surface area contributed by atoms with Crippen LogP contribution in [0.2, 0.25) is 0 Å². The maximum absolute atomic E-state index is 5.34. The molecule has 0 unspecified atom stereocenters. The Kier molecular flexibility index (Phi) is 4.71. The molecule has 2 nitrogen and oxygen atoms in total. The molecule has 1 heterocycles. The molecule has 1 N–H and O–H groups in total. The van der Waals surface area contributed by atoms with Crippen molar-refractivity contribution < 1.29 is 4.42 Å². The number of rotatable bonds is 6. The molecule has 0 bridgehead atoms. The van der Waals surface area contributed by atoms with Gasteiger partial charge in [-0.25, -0.2) is 0 Å². The molecule has 0 amide bonds. The molecule has 1 aromatic heterocycles. The number of thioether (sulfide) groups is 1. The summed E-state index contributed by atoms with van der Waals surface area (Å²) in [5, 5.41) is 3.44. The monoisotopic (exact) mass is 247 g/mol. The van der Waals surface area contributed by atoms with Gasteiger partial charge in [0.1, 0.15) is 5.76 Å². The van der Waals surface area contributed by atoms with E-state index in [9.17, 15) is 0 Å². The normalized spacial score (nSPS) is 12.5. The number of hydrogen-bond donors (Lipinski definition) is 1. The van der Waals surface area contributed by atoms with Crippen molar-refractivity contribution in [3.63, 3.8) is 0 Å². The lowest BCUT2D eigenvalue weighted by Gasteiger charge is -2.10. The molecule has 2 rings (SSSR count). The minimum Gasteiger partial charge on any atom is -0.468 e. The summed E-state index contributed by atoms with van der Waals surface area (Å²) >= 11 is 1.87. The second-order valence-corrected chi connectivity index (χ2v) is 5.02. The molecule has 0 aliphatic carbocycles. The topological polar surface area (TPSA) is 25.2 Å². The third-order valence-electron chi connectivity index (χ3n) is 2.53. The molecule has 1 aromatic carbocycles. The highest BCUT2D eigenvalue weighted by Crippen LogP contribution is 2.17. The van der Waals surface area contributed by atoms with Crippen LogP contribution < -0.4 is 5.32 Å². The molecule has 0 aliphatic rings. The van der Waals surface area contributed by atoms with Crippen LogP contribution in [0.1, 0.15) is 18.7 Å². The minimum atomic E-state index is 0.279. The summed E-state index contributed by atoms with van der Waals surface area (Å²) in [5.74, 6) is 2.06. The highest BCUT2D eigenvalue weighted by molar-refractivity contribution is 7.99. The van der Waals surface area contributed by atoms with Gasteiger partial charge in [-0.2, -0.15) is 0 Å². The third-order valence-corrected chi connectivity index (χ3v) is 3.55. The van der Waals surface area contributed by atoms with Gasteiger partial charge in [0.2, 0.25) is 0 Å². The van der Waals surface area contributed by atoms with Crippen LogP contribution in [0.25, 0.3) is 0 Å². The SMILES string of the molecule is C[C@@H](NCCSc1ccccc1)c1ccco1. The van der Waals surface area contributed by atoms with Crippen molar-refractivity contribution in [2.24, 2.45) is 0 Å². The van der Waals surface area contributed by atoms with Crippen LogP contribution >= 0.6 is 11.8 Å². The van der Waals surface area contributed by atoms with Crippen molar-refractivity contribution in [2.75, 3.05) is 12.3 Å². The van der Waals surface area contributed by atoms with E-state index in [4.69, 9.17) is 4.42 Å². The lowest BCUT2D eigenvalue weighted by atomic mass is 10.2. The Labute approximate surface area is 106 Å². The quantitative estimate of drug-likeness (QED) is 0.622. The Balaban J connectivity index is 1.67. The molecular formula is C14H17NOS. The van der Waals surface area contributed by atoms with Gasteiger partial charge in [0, 0.05) is 17.2 Å². The molecule has 17 heavy (non-hydrogen) atoms. The summed E-state index contributed by atoms with van der Waals surface area (Å²) in [5.41, 5.74) is 0. The molecule has 0 radical (unpaired) electrons. The van der Waals surface area contributed by atoms with Crippen molar-refractivity contribution in [3.8, 4) is 0 Å². The van der Waals surface area contributed by atoms with Crippen LogP contribution in [0.4, 0.5) is 0 Å².